The molecule has 2 unspecified atom stereocenters. The molecule has 0 aliphatic heterocycles. The molecule has 1 heterocycles. The Bertz CT molecular complexity index is 260. The molecule has 0 aliphatic carbocycles. The van der Waals surface area contributed by atoms with E-state index in [0.29, 0.717) is 6.42 Å². The molecule has 0 amide bonds. The van der Waals surface area contributed by atoms with E-state index < -0.39 is 0 Å². The summed E-state index contributed by atoms with van der Waals surface area (Å²) >= 11 is 0. The predicted octanol–water partition coefficient (Wildman–Crippen LogP) is -0.280. The number of methoxy groups -OCH3 is 1. The van der Waals surface area contributed by atoms with Gasteiger partial charge in [0.05, 0.1) is 11.8 Å². The molecule has 0 aromatic carbocycles. The average Bonchev–Trinajstić information content (AvgIpc) is 2.49. The summed E-state index contributed by atoms with van der Waals surface area (Å²) in [5.41, 5.74) is 6.77. The van der Waals surface area contributed by atoms with Crippen molar-refractivity contribution < 1.29 is 4.74 Å². The van der Waals surface area contributed by atoms with Crippen molar-refractivity contribution in [2.24, 2.45) is 12.8 Å². The molecule has 0 fully saturated rings. The van der Waals surface area contributed by atoms with Crippen LogP contribution >= 0.6 is 0 Å². The van der Waals surface area contributed by atoms with Crippen molar-refractivity contribution in [1.82, 2.24) is 15.0 Å². The maximum Gasteiger partial charge on any atom is 0.0843 e. The first-order valence-corrected chi connectivity index (χ1v) is 4.27. The summed E-state index contributed by atoms with van der Waals surface area (Å²) in [5, 5.41) is 7.77. The van der Waals surface area contributed by atoms with E-state index in [4.69, 9.17) is 10.5 Å². The number of ether oxygens (including phenoxy) is 1. The number of nitrogens with zero attached hydrogens (tertiary/aromatic N) is 3. The summed E-state index contributed by atoms with van der Waals surface area (Å²) in [6, 6.07) is -0.0262. The first kappa shape index (κ1) is 10.1. The highest BCUT2D eigenvalue weighted by molar-refractivity contribution is 4.96. The van der Waals surface area contributed by atoms with Gasteiger partial charge in [-0.1, -0.05) is 5.21 Å². The predicted molar refractivity (Wildman–Crippen MR) is 49.2 cm³/mol. The summed E-state index contributed by atoms with van der Waals surface area (Å²) in [5.74, 6) is 0. The summed E-state index contributed by atoms with van der Waals surface area (Å²) in [6.07, 6.45) is 2.60. The van der Waals surface area contributed by atoms with Gasteiger partial charge >= 0.3 is 0 Å². The minimum Gasteiger partial charge on any atom is -0.380 e. The molecule has 1 rings (SSSR count). The zero-order valence-electron chi connectivity index (χ0n) is 8.27. The zero-order chi connectivity index (χ0) is 9.84. The van der Waals surface area contributed by atoms with Crippen molar-refractivity contribution in [3.8, 4) is 0 Å². The van der Waals surface area contributed by atoms with E-state index in [1.807, 2.05) is 20.2 Å². The van der Waals surface area contributed by atoms with Crippen LogP contribution in [0.3, 0.4) is 0 Å². The Labute approximate surface area is 77.9 Å². The average molecular weight is 184 g/mol. The zero-order valence-corrected chi connectivity index (χ0v) is 8.27. The maximum absolute atomic E-state index is 5.87. The van der Waals surface area contributed by atoms with E-state index in [9.17, 15) is 0 Å². The number of hydrogen-bond donors (Lipinski definition) is 1. The van der Waals surface area contributed by atoms with Crippen LogP contribution in [-0.2, 0) is 18.2 Å². The quantitative estimate of drug-likeness (QED) is 0.699. The van der Waals surface area contributed by atoms with Gasteiger partial charge in [0.15, 0.2) is 0 Å². The Hall–Kier alpha value is -0.940. The summed E-state index contributed by atoms with van der Waals surface area (Å²) in [4.78, 5) is 0. The first-order chi connectivity index (χ1) is 6.13. The number of rotatable bonds is 4. The Morgan fingerprint density at radius 2 is 2.38 bits per heavy atom. The van der Waals surface area contributed by atoms with Crippen molar-refractivity contribution in [1.29, 1.82) is 0 Å². The lowest BCUT2D eigenvalue weighted by molar-refractivity contribution is 0.0953. The summed E-state index contributed by atoms with van der Waals surface area (Å²) in [6.45, 7) is 1.95. The fourth-order valence-corrected chi connectivity index (χ4v) is 1.07. The molecule has 0 spiro atoms. The van der Waals surface area contributed by atoms with Crippen LogP contribution in [0, 0.1) is 0 Å². The topological polar surface area (TPSA) is 66.0 Å². The molecule has 13 heavy (non-hydrogen) atoms. The van der Waals surface area contributed by atoms with Gasteiger partial charge in [-0.15, -0.1) is 5.10 Å². The van der Waals surface area contributed by atoms with Gasteiger partial charge in [0.2, 0.25) is 0 Å². The standard InChI is InChI=1S/C8H16N4O/c1-6(13-3)8(9)4-7-5-12(2)11-10-7/h5-6,8H,4,9H2,1-3H3. The molecule has 74 valence electrons. The van der Waals surface area contributed by atoms with Crippen LogP contribution in [0.1, 0.15) is 12.6 Å². The molecule has 0 aliphatic rings. The Morgan fingerprint density at radius 1 is 1.69 bits per heavy atom. The molecule has 2 atom stereocenters. The van der Waals surface area contributed by atoms with Gasteiger partial charge in [-0.05, 0) is 6.92 Å². The number of aromatic nitrogens is 3. The van der Waals surface area contributed by atoms with E-state index in [1.54, 1.807) is 11.8 Å². The fraction of sp³-hybridized carbons (Fsp3) is 0.750. The lowest BCUT2D eigenvalue weighted by Gasteiger charge is -2.16. The van der Waals surface area contributed by atoms with E-state index in [0.717, 1.165) is 5.69 Å². The third-order valence-electron chi connectivity index (χ3n) is 2.07. The van der Waals surface area contributed by atoms with Crippen molar-refractivity contribution in [2.75, 3.05) is 7.11 Å². The summed E-state index contributed by atoms with van der Waals surface area (Å²) < 4.78 is 6.78. The summed E-state index contributed by atoms with van der Waals surface area (Å²) in [7, 11) is 3.49. The van der Waals surface area contributed by atoms with Gasteiger partial charge in [-0.2, -0.15) is 0 Å². The Kier molecular flexibility index (Phi) is 3.39. The van der Waals surface area contributed by atoms with Crippen LogP contribution in [0.5, 0.6) is 0 Å². The molecule has 5 nitrogen and oxygen atoms in total. The van der Waals surface area contributed by atoms with Gasteiger partial charge in [0.1, 0.15) is 0 Å². The first-order valence-electron chi connectivity index (χ1n) is 4.27. The van der Waals surface area contributed by atoms with Crippen LogP contribution in [-0.4, -0.2) is 34.2 Å². The second-order valence-corrected chi connectivity index (χ2v) is 3.19. The van der Waals surface area contributed by atoms with Crippen molar-refractivity contribution in [3.05, 3.63) is 11.9 Å². The smallest absolute Gasteiger partial charge is 0.0843 e. The Morgan fingerprint density at radius 3 is 2.85 bits per heavy atom. The van der Waals surface area contributed by atoms with Crippen LogP contribution in [0.15, 0.2) is 6.20 Å². The maximum atomic E-state index is 5.87. The van der Waals surface area contributed by atoms with Crippen LogP contribution in [0.2, 0.25) is 0 Å². The lowest BCUT2D eigenvalue weighted by Crippen LogP contribution is -2.35. The molecule has 0 radical (unpaired) electrons. The van der Waals surface area contributed by atoms with Crippen LogP contribution < -0.4 is 5.73 Å². The van der Waals surface area contributed by atoms with Gasteiger partial charge in [0.25, 0.3) is 0 Å². The van der Waals surface area contributed by atoms with E-state index in [1.165, 1.54) is 0 Å². The van der Waals surface area contributed by atoms with Crippen LogP contribution in [0.25, 0.3) is 0 Å². The number of nitrogens with two attached hydrogens (primary N) is 1. The molecule has 2 N–H and O–H groups in total. The van der Waals surface area contributed by atoms with Crippen molar-refractivity contribution in [2.45, 2.75) is 25.5 Å². The second kappa shape index (κ2) is 4.34. The normalized spacial score (nSPS) is 15.7. The Balaban J connectivity index is 2.49. The SMILES string of the molecule is COC(C)C(N)Cc1cn(C)nn1. The van der Waals surface area contributed by atoms with E-state index in [-0.39, 0.29) is 12.1 Å². The fourth-order valence-electron chi connectivity index (χ4n) is 1.07. The third-order valence-corrected chi connectivity index (χ3v) is 2.07. The molecule has 5 heteroatoms. The van der Waals surface area contributed by atoms with E-state index in [2.05, 4.69) is 10.3 Å². The number of hydrogen-bond acceptors (Lipinski definition) is 4. The highest BCUT2D eigenvalue weighted by Gasteiger charge is 2.13. The van der Waals surface area contributed by atoms with Gasteiger partial charge in [0, 0.05) is 32.8 Å². The van der Waals surface area contributed by atoms with Gasteiger partial charge in [-0.3, -0.25) is 4.68 Å². The second-order valence-electron chi connectivity index (χ2n) is 3.19. The molecule has 0 saturated carbocycles. The van der Waals surface area contributed by atoms with Crippen molar-refractivity contribution >= 4 is 0 Å². The molecule has 0 bridgehead atoms. The largest absolute Gasteiger partial charge is 0.380 e. The molecule has 1 aromatic rings. The molecule has 0 saturated heterocycles. The van der Waals surface area contributed by atoms with Crippen LogP contribution in [0.4, 0.5) is 0 Å². The lowest BCUT2D eigenvalue weighted by atomic mass is 10.1. The minimum absolute atomic E-state index is 0.0262. The van der Waals surface area contributed by atoms with Crippen molar-refractivity contribution in [3.63, 3.8) is 0 Å². The third kappa shape index (κ3) is 2.78. The molecule has 1 aromatic heterocycles. The highest BCUT2D eigenvalue weighted by Crippen LogP contribution is 2.02. The van der Waals surface area contributed by atoms with Gasteiger partial charge < -0.3 is 10.5 Å². The monoisotopic (exact) mass is 184 g/mol. The molecular formula is C8H16N4O. The number of aryl methyl sites for hydroxylation is 1. The minimum atomic E-state index is -0.0262. The van der Waals surface area contributed by atoms with E-state index >= 15 is 0 Å². The van der Waals surface area contributed by atoms with Gasteiger partial charge in [-0.25, -0.2) is 0 Å². The highest BCUT2D eigenvalue weighted by atomic mass is 16.5. The molecular weight excluding hydrogens is 168 g/mol.